The molecule has 3 aromatic rings. The van der Waals surface area contributed by atoms with Crippen LogP contribution in [-0.2, 0) is 11.4 Å². The highest BCUT2D eigenvalue weighted by Crippen LogP contribution is 2.38. The number of aromatic nitrogens is 2. The number of aromatic amines is 1. The molecule has 0 bridgehead atoms. The van der Waals surface area contributed by atoms with Gasteiger partial charge in [0, 0.05) is 22.9 Å². The maximum absolute atomic E-state index is 12.8. The Labute approximate surface area is 194 Å². The number of carbonyl (C=O) groups is 1. The van der Waals surface area contributed by atoms with E-state index in [-0.39, 0.29) is 24.5 Å². The van der Waals surface area contributed by atoms with Gasteiger partial charge in [-0.15, -0.1) is 0 Å². The zero-order valence-corrected chi connectivity index (χ0v) is 19.2. The number of thioether (sulfide) groups is 1. The normalized spacial score (nSPS) is 15.1. The molecule has 0 radical (unpaired) electrons. The molecule has 166 valence electrons. The van der Waals surface area contributed by atoms with Crippen LogP contribution in [0, 0.1) is 0 Å². The van der Waals surface area contributed by atoms with Crippen molar-refractivity contribution in [3.63, 3.8) is 0 Å². The molecule has 0 saturated carbocycles. The number of H-pyrrole nitrogens is 1. The first-order valence-corrected chi connectivity index (χ1v) is 11.5. The first-order valence-electron chi connectivity index (χ1n) is 10.1. The van der Waals surface area contributed by atoms with E-state index in [0.29, 0.717) is 33.1 Å². The highest BCUT2D eigenvalue weighted by atomic mass is 35.5. The summed E-state index contributed by atoms with van der Waals surface area (Å²) in [6, 6.07) is 12.9. The monoisotopic (exact) mass is 471 g/mol. The Balaban J connectivity index is 1.65. The van der Waals surface area contributed by atoms with Crippen LogP contribution in [0.3, 0.4) is 0 Å². The molecular formula is C23H22ClN3O4S. The number of ether oxygens (including phenoxy) is 2. The minimum Gasteiger partial charge on any atom is -0.493 e. The van der Waals surface area contributed by atoms with Crippen LogP contribution in [-0.4, -0.2) is 28.7 Å². The van der Waals surface area contributed by atoms with Gasteiger partial charge < -0.3 is 19.8 Å². The number of carbonyl (C=O) groups excluding carboxylic acids is 1. The van der Waals surface area contributed by atoms with Crippen LogP contribution < -0.4 is 20.3 Å². The van der Waals surface area contributed by atoms with E-state index in [0.717, 1.165) is 16.9 Å². The molecule has 2 heterocycles. The lowest BCUT2D eigenvalue weighted by molar-refractivity contribution is -0.116. The number of amides is 1. The molecule has 0 saturated heterocycles. The largest absolute Gasteiger partial charge is 0.493 e. The van der Waals surface area contributed by atoms with Crippen molar-refractivity contribution in [2.45, 2.75) is 31.0 Å². The first kappa shape index (κ1) is 22.2. The standard InChI is InChI=1S/C23H22ClN3O4S/c1-3-32-23-26-21-20(22(29)27-23)15(11-19(28)25-21)13-8-9-17(18(10-13)30-2)31-12-14-6-4-5-7-16(14)24/h4-10,15H,3,11-12H2,1-2H3,(H2,25,26,27,28,29). The minimum absolute atomic E-state index is 0.140. The molecule has 0 spiro atoms. The lowest BCUT2D eigenvalue weighted by atomic mass is 9.86. The van der Waals surface area contributed by atoms with Crippen LogP contribution in [0.2, 0.25) is 5.02 Å². The van der Waals surface area contributed by atoms with Gasteiger partial charge in [-0.2, -0.15) is 0 Å². The summed E-state index contributed by atoms with van der Waals surface area (Å²) in [6.07, 6.45) is 0.140. The molecule has 9 heteroatoms. The van der Waals surface area contributed by atoms with E-state index in [1.807, 2.05) is 37.3 Å². The predicted molar refractivity (Wildman–Crippen MR) is 125 cm³/mol. The van der Waals surface area contributed by atoms with E-state index in [1.165, 1.54) is 11.8 Å². The van der Waals surface area contributed by atoms with Crippen LogP contribution in [0.1, 0.15) is 36.0 Å². The number of rotatable bonds is 7. The maximum Gasteiger partial charge on any atom is 0.257 e. The number of hydrogen-bond acceptors (Lipinski definition) is 6. The zero-order chi connectivity index (χ0) is 22.7. The summed E-state index contributed by atoms with van der Waals surface area (Å²) in [5.41, 5.74) is 1.81. The van der Waals surface area contributed by atoms with Crippen LogP contribution in [0.4, 0.5) is 5.82 Å². The van der Waals surface area contributed by atoms with E-state index in [9.17, 15) is 9.59 Å². The highest BCUT2D eigenvalue weighted by Gasteiger charge is 2.31. The second kappa shape index (κ2) is 9.67. The lowest BCUT2D eigenvalue weighted by Crippen LogP contribution is -2.31. The van der Waals surface area contributed by atoms with E-state index in [2.05, 4.69) is 15.3 Å². The van der Waals surface area contributed by atoms with E-state index >= 15 is 0 Å². The third kappa shape index (κ3) is 4.61. The first-order chi connectivity index (χ1) is 15.5. The number of anilines is 1. The van der Waals surface area contributed by atoms with Gasteiger partial charge in [0.15, 0.2) is 16.7 Å². The Hall–Kier alpha value is -2.97. The summed E-state index contributed by atoms with van der Waals surface area (Å²) in [5, 5.41) is 3.84. The van der Waals surface area contributed by atoms with Crippen LogP contribution in [0.15, 0.2) is 52.4 Å². The van der Waals surface area contributed by atoms with Gasteiger partial charge in [-0.25, -0.2) is 4.98 Å². The molecule has 7 nitrogen and oxygen atoms in total. The molecule has 0 fully saturated rings. The van der Waals surface area contributed by atoms with E-state index in [1.54, 1.807) is 19.2 Å². The lowest BCUT2D eigenvalue weighted by Gasteiger charge is -2.25. The van der Waals surface area contributed by atoms with E-state index < -0.39 is 5.92 Å². The Morgan fingerprint density at radius 1 is 1.19 bits per heavy atom. The average molecular weight is 472 g/mol. The number of nitrogens with zero attached hydrogens (tertiary/aromatic N) is 1. The summed E-state index contributed by atoms with van der Waals surface area (Å²) >= 11 is 7.62. The molecule has 1 aromatic heterocycles. The smallest absolute Gasteiger partial charge is 0.257 e. The van der Waals surface area contributed by atoms with Gasteiger partial charge in [-0.1, -0.05) is 54.6 Å². The molecule has 1 aliphatic rings. The van der Waals surface area contributed by atoms with Gasteiger partial charge in [-0.05, 0) is 29.5 Å². The highest BCUT2D eigenvalue weighted by molar-refractivity contribution is 7.99. The number of nitrogens with one attached hydrogen (secondary N) is 2. The average Bonchev–Trinajstić information content (AvgIpc) is 2.78. The van der Waals surface area contributed by atoms with Crippen molar-refractivity contribution < 1.29 is 14.3 Å². The van der Waals surface area contributed by atoms with Crippen LogP contribution in [0.5, 0.6) is 11.5 Å². The second-order valence-corrected chi connectivity index (χ2v) is 8.82. The number of halogens is 1. The summed E-state index contributed by atoms with van der Waals surface area (Å²) in [4.78, 5) is 32.4. The van der Waals surface area contributed by atoms with Crippen molar-refractivity contribution in [3.8, 4) is 11.5 Å². The summed E-state index contributed by atoms with van der Waals surface area (Å²) in [5.74, 6) is 1.48. The van der Waals surface area contributed by atoms with Gasteiger partial charge >= 0.3 is 0 Å². The van der Waals surface area contributed by atoms with Crippen LogP contribution in [0.25, 0.3) is 0 Å². The fraction of sp³-hybridized carbons (Fsp3) is 0.261. The molecular weight excluding hydrogens is 450 g/mol. The molecule has 1 atom stereocenters. The van der Waals surface area contributed by atoms with Crippen molar-refractivity contribution in [2.24, 2.45) is 0 Å². The van der Waals surface area contributed by atoms with Crippen molar-refractivity contribution >= 4 is 35.1 Å². The van der Waals surface area contributed by atoms with Gasteiger partial charge in [-0.3, -0.25) is 9.59 Å². The molecule has 0 aliphatic carbocycles. The quantitative estimate of drug-likeness (QED) is 0.386. The number of methoxy groups -OCH3 is 1. The second-order valence-electron chi connectivity index (χ2n) is 7.16. The third-order valence-corrected chi connectivity index (χ3v) is 6.27. The zero-order valence-electron chi connectivity index (χ0n) is 17.6. The van der Waals surface area contributed by atoms with Crippen molar-refractivity contribution in [3.05, 3.63) is 74.5 Å². The Morgan fingerprint density at radius 2 is 2.00 bits per heavy atom. The summed E-state index contributed by atoms with van der Waals surface area (Å²) in [7, 11) is 1.55. The number of benzene rings is 2. The van der Waals surface area contributed by atoms with Gasteiger partial charge in [0.2, 0.25) is 5.91 Å². The molecule has 2 N–H and O–H groups in total. The molecule has 32 heavy (non-hydrogen) atoms. The summed E-state index contributed by atoms with van der Waals surface area (Å²) in [6.45, 7) is 2.25. The van der Waals surface area contributed by atoms with Gasteiger partial charge in [0.25, 0.3) is 5.56 Å². The predicted octanol–water partition coefficient (Wildman–Crippen LogP) is 4.60. The molecule has 1 amide bonds. The fourth-order valence-electron chi connectivity index (χ4n) is 3.63. The number of hydrogen-bond donors (Lipinski definition) is 2. The Morgan fingerprint density at radius 3 is 2.75 bits per heavy atom. The Bertz CT molecular complexity index is 1210. The van der Waals surface area contributed by atoms with Crippen molar-refractivity contribution in [1.82, 2.24) is 9.97 Å². The van der Waals surface area contributed by atoms with Gasteiger partial charge in [0.1, 0.15) is 12.4 Å². The minimum atomic E-state index is -0.442. The molecule has 2 aromatic carbocycles. The van der Waals surface area contributed by atoms with Crippen molar-refractivity contribution in [1.29, 1.82) is 0 Å². The Kier molecular flexibility index (Phi) is 6.72. The van der Waals surface area contributed by atoms with Gasteiger partial charge in [0.05, 0.1) is 12.7 Å². The van der Waals surface area contributed by atoms with Crippen molar-refractivity contribution in [2.75, 3.05) is 18.2 Å². The SMILES string of the molecule is CCSc1nc2c(c(=O)[nH]1)C(c1ccc(OCc3ccccc3Cl)c(OC)c1)CC(=O)N2. The maximum atomic E-state index is 12.8. The molecule has 4 rings (SSSR count). The van der Waals surface area contributed by atoms with Crippen LogP contribution >= 0.6 is 23.4 Å². The molecule has 1 aliphatic heterocycles. The fourth-order valence-corrected chi connectivity index (χ4v) is 4.42. The summed E-state index contributed by atoms with van der Waals surface area (Å²) < 4.78 is 11.5. The third-order valence-electron chi connectivity index (χ3n) is 5.14. The number of fused-ring (bicyclic) bond motifs is 1. The van der Waals surface area contributed by atoms with E-state index in [4.69, 9.17) is 21.1 Å². The topological polar surface area (TPSA) is 93.3 Å². The molecule has 1 unspecified atom stereocenters.